The summed E-state index contributed by atoms with van der Waals surface area (Å²) in [6.07, 6.45) is 5.82. The van der Waals surface area contributed by atoms with Crippen LogP contribution in [0.2, 0.25) is 0 Å². The van der Waals surface area contributed by atoms with Gasteiger partial charge in [0, 0.05) is 10.3 Å². The Balaban J connectivity index is 1.99. The van der Waals surface area contributed by atoms with E-state index in [2.05, 4.69) is 17.1 Å². The monoisotopic (exact) mass is 321 g/mol. The molecule has 0 radical (unpaired) electrons. The first kappa shape index (κ1) is 15.3. The van der Waals surface area contributed by atoms with Crippen molar-refractivity contribution in [3.8, 4) is 0 Å². The van der Waals surface area contributed by atoms with Gasteiger partial charge in [-0.15, -0.1) is 11.8 Å². The maximum absolute atomic E-state index is 11.5. The number of hydrogen-bond donors (Lipinski definition) is 1. The lowest BCUT2D eigenvalue weighted by Crippen LogP contribution is -2.00. The lowest BCUT2D eigenvalue weighted by Gasteiger charge is -2.04. The Morgan fingerprint density at radius 3 is 2.52 bits per heavy atom. The van der Waals surface area contributed by atoms with Gasteiger partial charge in [0.1, 0.15) is 0 Å². The zero-order chi connectivity index (χ0) is 16.2. The number of para-hydroxylation sites is 1. The van der Waals surface area contributed by atoms with Gasteiger partial charge in [-0.2, -0.15) is 0 Å². The summed E-state index contributed by atoms with van der Waals surface area (Å²) in [5, 5.41) is 10.1. The molecule has 0 atom stereocenters. The van der Waals surface area contributed by atoms with E-state index in [1.54, 1.807) is 23.9 Å². The van der Waals surface area contributed by atoms with Gasteiger partial charge in [-0.3, -0.25) is 0 Å². The minimum absolute atomic E-state index is 0.271. The molecule has 0 unspecified atom stereocenters. The summed E-state index contributed by atoms with van der Waals surface area (Å²) in [6, 6.07) is 17.1. The summed E-state index contributed by atoms with van der Waals surface area (Å²) >= 11 is 1.70. The maximum atomic E-state index is 11.5. The van der Waals surface area contributed by atoms with Crippen LogP contribution >= 0.6 is 11.8 Å². The molecule has 2 aromatic carbocycles. The highest BCUT2D eigenvalue weighted by Gasteiger charge is 2.10. The normalized spacial score (nSPS) is 11.2. The lowest BCUT2D eigenvalue weighted by molar-refractivity contribution is 0.0699. The van der Waals surface area contributed by atoms with Gasteiger partial charge in [0.05, 0.1) is 16.8 Å². The summed E-state index contributed by atoms with van der Waals surface area (Å²) in [5.74, 6) is -0.942. The fraction of sp³-hybridized carbons (Fsp3) is 0.0526. The van der Waals surface area contributed by atoms with Crippen molar-refractivity contribution in [2.75, 3.05) is 6.26 Å². The Morgan fingerprint density at radius 2 is 1.83 bits per heavy atom. The highest BCUT2D eigenvalue weighted by Crippen LogP contribution is 2.20. The fourth-order valence-corrected chi connectivity index (χ4v) is 2.76. The first-order valence-corrected chi connectivity index (χ1v) is 8.35. The van der Waals surface area contributed by atoms with Crippen LogP contribution in [0.3, 0.4) is 0 Å². The maximum Gasteiger partial charge on any atom is 0.336 e. The average molecular weight is 321 g/mol. The van der Waals surface area contributed by atoms with E-state index in [-0.39, 0.29) is 5.56 Å². The van der Waals surface area contributed by atoms with Crippen LogP contribution in [0.5, 0.6) is 0 Å². The third-order valence-electron chi connectivity index (χ3n) is 3.53. The molecule has 0 aliphatic rings. The largest absolute Gasteiger partial charge is 0.478 e. The molecule has 3 aromatic rings. The van der Waals surface area contributed by atoms with Gasteiger partial charge in [-0.05, 0) is 42.2 Å². The van der Waals surface area contributed by atoms with Gasteiger partial charge in [-0.25, -0.2) is 9.78 Å². The third-order valence-corrected chi connectivity index (χ3v) is 4.27. The quantitative estimate of drug-likeness (QED) is 0.700. The molecule has 0 fully saturated rings. The lowest BCUT2D eigenvalue weighted by atomic mass is 10.1. The Morgan fingerprint density at radius 1 is 1.09 bits per heavy atom. The van der Waals surface area contributed by atoms with Crippen molar-refractivity contribution in [1.29, 1.82) is 0 Å². The highest BCUT2D eigenvalue weighted by molar-refractivity contribution is 7.98. The number of benzene rings is 2. The number of thioether (sulfide) groups is 1. The van der Waals surface area contributed by atoms with Crippen LogP contribution in [-0.4, -0.2) is 22.3 Å². The van der Waals surface area contributed by atoms with Crippen molar-refractivity contribution >= 4 is 40.8 Å². The van der Waals surface area contributed by atoms with Crippen LogP contribution in [0, 0.1) is 0 Å². The molecule has 114 valence electrons. The van der Waals surface area contributed by atoms with Gasteiger partial charge in [-0.1, -0.05) is 36.4 Å². The van der Waals surface area contributed by atoms with Gasteiger partial charge < -0.3 is 5.11 Å². The molecule has 0 saturated carbocycles. The van der Waals surface area contributed by atoms with E-state index >= 15 is 0 Å². The molecule has 0 amide bonds. The second-order valence-corrected chi connectivity index (χ2v) is 5.90. The number of nitrogens with zero attached hydrogens (tertiary/aromatic N) is 1. The van der Waals surface area contributed by atoms with E-state index < -0.39 is 5.97 Å². The van der Waals surface area contributed by atoms with Gasteiger partial charge >= 0.3 is 5.97 Å². The molecular weight excluding hydrogens is 306 g/mol. The minimum Gasteiger partial charge on any atom is -0.478 e. The predicted molar refractivity (Wildman–Crippen MR) is 95.9 cm³/mol. The summed E-state index contributed by atoms with van der Waals surface area (Å²) in [7, 11) is 0. The summed E-state index contributed by atoms with van der Waals surface area (Å²) in [6.45, 7) is 0. The van der Waals surface area contributed by atoms with Crippen molar-refractivity contribution < 1.29 is 9.90 Å². The van der Waals surface area contributed by atoms with Crippen LogP contribution in [0.25, 0.3) is 23.1 Å². The van der Waals surface area contributed by atoms with Gasteiger partial charge in [0.15, 0.2) is 0 Å². The standard InChI is InChI=1S/C19H15NO2S/c1-23-15-10-7-13(8-11-15)6-9-14-12-17(19(21)22)16-4-2-3-5-18(16)20-14/h2-12H,1H3,(H,21,22). The first-order chi connectivity index (χ1) is 11.2. The molecule has 3 nitrogen and oxygen atoms in total. The molecule has 23 heavy (non-hydrogen) atoms. The molecule has 0 spiro atoms. The molecule has 0 aliphatic carbocycles. The first-order valence-electron chi connectivity index (χ1n) is 7.12. The molecule has 1 heterocycles. The summed E-state index contributed by atoms with van der Waals surface area (Å²) in [5.41, 5.74) is 2.64. The van der Waals surface area contributed by atoms with E-state index in [1.165, 1.54) is 4.90 Å². The zero-order valence-corrected chi connectivity index (χ0v) is 13.4. The van der Waals surface area contributed by atoms with Gasteiger partial charge in [0.2, 0.25) is 0 Å². The number of aromatic nitrogens is 1. The second-order valence-electron chi connectivity index (χ2n) is 5.02. The predicted octanol–water partition coefficient (Wildman–Crippen LogP) is 4.83. The topological polar surface area (TPSA) is 50.2 Å². The number of aromatic carboxylic acids is 1. The average Bonchev–Trinajstić information content (AvgIpc) is 2.59. The van der Waals surface area contributed by atoms with Crippen molar-refractivity contribution in [2.45, 2.75) is 4.90 Å². The van der Waals surface area contributed by atoms with Crippen LogP contribution < -0.4 is 0 Å². The third kappa shape index (κ3) is 3.43. The number of hydrogen-bond acceptors (Lipinski definition) is 3. The van der Waals surface area contributed by atoms with Crippen LogP contribution in [-0.2, 0) is 0 Å². The Hall–Kier alpha value is -2.59. The number of carbonyl (C=O) groups is 1. The van der Waals surface area contributed by atoms with Crippen molar-refractivity contribution in [3.05, 3.63) is 71.4 Å². The van der Waals surface area contributed by atoms with Crippen LogP contribution in [0.15, 0.2) is 59.5 Å². The number of carboxylic acids is 1. The minimum atomic E-state index is -0.942. The Labute approximate surface area is 138 Å². The molecule has 1 aromatic heterocycles. The molecular formula is C19H15NO2S. The van der Waals surface area contributed by atoms with E-state index in [1.807, 2.05) is 48.7 Å². The molecule has 0 aliphatic heterocycles. The SMILES string of the molecule is CSc1ccc(C=Cc2cc(C(=O)O)c3ccccc3n2)cc1. The van der Waals surface area contributed by atoms with E-state index in [0.717, 1.165) is 5.56 Å². The Kier molecular flexibility index (Phi) is 4.44. The second kappa shape index (κ2) is 6.67. The summed E-state index contributed by atoms with van der Waals surface area (Å²) < 4.78 is 0. The number of carboxylic acid groups (broad SMARTS) is 1. The number of rotatable bonds is 4. The van der Waals surface area contributed by atoms with Crippen LogP contribution in [0.4, 0.5) is 0 Å². The van der Waals surface area contributed by atoms with E-state index in [9.17, 15) is 9.90 Å². The summed E-state index contributed by atoms with van der Waals surface area (Å²) in [4.78, 5) is 17.2. The van der Waals surface area contributed by atoms with E-state index in [4.69, 9.17) is 0 Å². The van der Waals surface area contributed by atoms with E-state index in [0.29, 0.717) is 16.6 Å². The molecule has 1 N–H and O–H groups in total. The molecule has 4 heteroatoms. The molecule has 3 rings (SSSR count). The molecule has 0 bridgehead atoms. The molecule has 0 saturated heterocycles. The van der Waals surface area contributed by atoms with Crippen LogP contribution in [0.1, 0.15) is 21.6 Å². The van der Waals surface area contributed by atoms with Crippen molar-refractivity contribution in [3.63, 3.8) is 0 Å². The highest BCUT2D eigenvalue weighted by atomic mass is 32.2. The smallest absolute Gasteiger partial charge is 0.336 e. The number of fused-ring (bicyclic) bond motifs is 1. The number of pyridine rings is 1. The van der Waals surface area contributed by atoms with Crippen molar-refractivity contribution in [2.24, 2.45) is 0 Å². The van der Waals surface area contributed by atoms with Crippen molar-refractivity contribution in [1.82, 2.24) is 4.98 Å². The zero-order valence-electron chi connectivity index (χ0n) is 12.6. The Bertz CT molecular complexity index is 886. The van der Waals surface area contributed by atoms with Gasteiger partial charge in [0.25, 0.3) is 0 Å². The fourth-order valence-electron chi connectivity index (χ4n) is 2.35.